The largest absolute Gasteiger partial charge is 2.00 e. The molecule has 7 heavy (non-hydrogen) atoms. The summed E-state index contributed by atoms with van der Waals surface area (Å²) < 4.78 is 8.55. The van der Waals surface area contributed by atoms with Crippen molar-refractivity contribution in [3.63, 3.8) is 0 Å². The van der Waals surface area contributed by atoms with Crippen LogP contribution in [0.3, 0.4) is 0 Å². The Morgan fingerprint density at radius 3 is 1.14 bits per heavy atom. The Balaban J connectivity index is -0.0000000800. The molecule has 0 saturated carbocycles. The first-order valence-electron chi connectivity index (χ1n) is 0.730. The molecule has 0 aliphatic heterocycles. The van der Waals surface area contributed by atoms with E-state index in [0.717, 1.165) is 0 Å². The fraction of sp³-hybridized carbons (Fsp3) is 0. The first-order valence-corrected chi connectivity index (χ1v) is 2.19. The minimum Gasteiger partial charge on any atom is -0.822 e. The number of hydrogen-bond acceptors (Lipinski definition) is 4. The second-order valence-electron chi connectivity index (χ2n) is 0.447. The van der Waals surface area contributed by atoms with Gasteiger partial charge in [0.05, 0.1) is 0 Å². The van der Waals surface area contributed by atoms with Gasteiger partial charge in [-0.1, -0.05) is 0 Å². The monoisotopic (exact) mass is 216 g/mol. The Labute approximate surface area is 60.9 Å². The zero-order chi connectivity index (χ0) is 4.50. The Morgan fingerprint density at radius 1 is 1.14 bits per heavy atom. The van der Waals surface area contributed by atoms with Crippen LogP contribution in [-0.2, 0) is 38.1 Å². The van der Waals surface area contributed by atoms with Crippen LogP contribution in [0.2, 0.25) is 0 Å². The number of phosphoric acid groups is 1. The first kappa shape index (κ1) is 15.7. The van der Waals surface area contributed by atoms with Crippen molar-refractivity contribution in [1.29, 1.82) is 0 Å². The van der Waals surface area contributed by atoms with Gasteiger partial charge in [0, 0.05) is 0 Å². The van der Waals surface area contributed by atoms with Crippen molar-refractivity contribution in [1.82, 2.24) is 0 Å². The second-order valence-corrected chi connectivity index (χ2v) is 1.34. The predicted molar refractivity (Wildman–Crippen MR) is 7.61 cm³/mol. The molecule has 0 spiro atoms. The molecule has 0 atom stereocenters. The van der Waals surface area contributed by atoms with Gasteiger partial charge in [0.25, 0.3) is 0 Å². The third kappa shape index (κ3) is 148. The van der Waals surface area contributed by atoms with Crippen LogP contribution in [0.5, 0.6) is 0 Å². The van der Waals surface area contributed by atoms with Gasteiger partial charge in [0.15, 0.2) is 0 Å². The molecule has 0 bridgehead atoms. The van der Waals surface area contributed by atoms with Gasteiger partial charge in [0.2, 0.25) is 0 Å². The predicted octanol–water partition coefficient (Wildman–Crippen LogP) is -2.83. The summed E-state index contributed by atoms with van der Waals surface area (Å²) in [6, 6.07) is 0. The van der Waals surface area contributed by atoms with Crippen LogP contribution in [0.15, 0.2) is 0 Å². The maximum Gasteiger partial charge on any atom is 2.00 e. The Bertz CT molecular complexity index is 57.8. The minimum absolute atomic E-state index is 0. The molecule has 0 aromatic heterocycles. The average molecular weight is 217 g/mol. The van der Waals surface area contributed by atoms with Gasteiger partial charge >= 0.3 is 33.6 Å². The van der Waals surface area contributed by atoms with E-state index in [1.807, 2.05) is 0 Å². The summed E-state index contributed by atoms with van der Waals surface area (Å²) in [6.45, 7) is 0. The first-order chi connectivity index (χ1) is 2.00. The van der Waals surface area contributed by atoms with Gasteiger partial charge < -0.3 is 19.2 Å². The molecule has 1 radical (unpaired) electrons. The van der Waals surface area contributed by atoms with Gasteiger partial charge in [-0.2, -0.15) is 7.82 Å². The van der Waals surface area contributed by atoms with Crippen molar-refractivity contribution >= 4 is 7.82 Å². The molecule has 0 aliphatic carbocycles. The second kappa shape index (κ2) is 5.26. The molecule has 0 heterocycles. The maximum absolute atomic E-state index is 8.55. The van der Waals surface area contributed by atoms with Crippen molar-refractivity contribution in [2.45, 2.75) is 0 Å². The van der Waals surface area contributed by atoms with E-state index in [1.54, 1.807) is 0 Å². The van der Waals surface area contributed by atoms with Crippen LogP contribution in [0.25, 0.3) is 0 Å². The van der Waals surface area contributed by atoms with E-state index in [1.165, 1.54) is 0 Å². The van der Waals surface area contributed by atoms with E-state index in [9.17, 15) is 0 Å². The van der Waals surface area contributed by atoms with Crippen molar-refractivity contribution in [2.75, 3.05) is 0 Å². The van der Waals surface area contributed by atoms with Crippen LogP contribution in [0.1, 0.15) is 0 Å². The van der Waals surface area contributed by atoms with Crippen LogP contribution < -0.4 is 14.7 Å². The molecule has 0 aliphatic rings. The molecule has 0 rings (SSSR count). The van der Waals surface area contributed by atoms with E-state index in [4.69, 9.17) is 19.2 Å². The summed E-state index contributed by atoms with van der Waals surface area (Å²) in [5.74, 6) is 0. The van der Waals surface area contributed by atoms with E-state index in [-0.39, 0.29) is 33.6 Å². The molecule has 0 aromatic carbocycles. The topological polar surface area (TPSA) is 86.2 Å². The van der Waals surface area contributed by atoms with Gasteiger partial charge in [0.1, 0.15) is 0 Å². The average Bonchev–Trinajstić information content (AvgIpc) is 0.722. The van der Waals surface area contributed by atoms with Crippen molar-refractivity contribution in [2.24, 2.45) is 0 Å². The number of hydrogen-bond donors (Lipinski definition) is 0. The smallest absolute Gasteiger partial charge is 0.822 e. The zero-order valence-corrected chi connectivity index (χ0v) is 5.52. The summed E-state index contributed by atoms with van der Waals surface area (Å²) in [7, 11) is -5.39. The maximum atomic E-state index is 8.55. The van der Waals surface area contributed by atoms with Crippen LogP contribution in [0, 0.1) is 0 Å². The Morgan fingerprint density at radius 2 is 1.14 bits per heavy atom. The molecule has 0 N–H and O–H groups in total. The van der Waals surface area contributed by atoms with Gasteiger partial charge in [-0.15, -0.1) is 0 Å². The van der Waals surface area contributed by atoms with Gasteiger partial charge in [-0.25, -0.2) is 0 Å². The summed E-state index contributed by atoms with van der Waals surface area (Å²) in [5.41, 5.74) is 0. The summed E-state index contributed by atoms with van der Waals surface area (Å²) in [4.78, 5) is 25.6. The Kier molecular flexibility index (Phi) is 11.8. The van der Waals surface area contributed by atoms with Crippen molar-refractivity contribution < 1.29 is 52.8 Å². The molecule has 0 unspecified atom stereocenters. The standard InChI is InChI=1S/Cu.Ni.H3O4P/c;;1-5(2,3)4/h;;(H3,1,2,3,4)/q2*+2;/p-3. The summed E-state index contributed by atoms with van der Waals surface area (Å²) in [5, 5.41) is 0. The van der Waals surface area contributed by atoms with Crippen LogP contribution in [-0.4, -0.2) is 0 Å². The molecule has 0 fully saturated rings. The normalized spacial score (nSPS) is 8.43. The van der Waals surface area contributed by atoms with E-state index >= 15 is 0 Å². The molecule has 49 valence electrons. The molecule has 7 heteroatoms. The molecule has 0 amide bonds. The molecular formula is CuNiO4P+. The summed E-state index contributed by atoms with van der Waals surface area (Å²) >= 11 is 0. The van der Waals surface area contributed by atoms with E-state index in [0.29, 0.717) is 0 Å². The van der Waals surface area contributed by atoms with E-state index < -0.39 is 7.82 Å². The molecular weight excluding hydrogens is 217 g/mol. The van der Waals surface area contributed by atoms with Crippen LogP contribution in [0.4, 0.5) is 0 Å². The molecule has 0 saturated heterocycles. The minimum atomic E-state index is -5.39. The Hall–Kier alpha value is 1.12. The van der Waals surface area contributed by atoms with Crippen molar-refractivity contribution in [3.05, 3.63) is 0 Å². The fourth-order valence-electron chi connectivity index (χ4n) is 0. The SMILES string of the molecule is O=P([O-])([O-])[O-].[Cu+2].[Ni+2]. The van der Waals surface area contributed by atoms with Crippen molar-refractivity contribution in [3.8, 4) is 0 Å². The van der Waals surface area contributed by atoms with Crippen LogP contribution >= 0.6 is 7.82 Å². The number of rotatable bonds is 0. The third-order valence-corrected chi connectivity index (χ3v) is 0. The fourth-order valence-corrected chi connectivity index (χ4v) is 0. The van der Waals surface area contributed by atoms with Gasteiger partial charge in [-0.3, -0.25) is 0 Å². The quantitative estimate of drug-likeness (QED) is 0.323. The van der Waals surface area contributed by atoms with E-state index in [2.05, 4.69) is 0 Å². The van der Waals surface area contributed by atoms with Gasteiger partial charge in [-0.05, 0) is 0 Å². The third-order valence-electron chi connectivity index (χ3n) is 0. The zero-order valence-electron chi connectivity index (χ0n) is 2.70. The molecule has 4 nitrogen and oxygen atoms in total. The molecule has 0 aromatic rings. The summed E-state index contributed by atoms with van der Waals surface area (Å²) in [6.07, 6.45) is 0.